The number of amides is 1. The zero-order valence-corrected chi connectivity index (χ0v) is 13.3. The fourth-order valence-electron chi connectivity index (χ4n) is 3.73. The lowest BCUT2D eigenvalue weighted by Crippen LogP contribution is -2.48. The molecule has 5 nitrogen and oxygen atoms in total. The minimum absolute atomic E-state index is 0.0888. The second-order valence-electron chi connectivity index (χ2n) is 6.51. The second kappa shape index (κ2) is 7.25. The van der Waals surface area contributed by atoms with E-state index < -0.39 is 5.97 Å². The Labute approximate surface area is 127 Å². The second-order valence-corrected chi connectivity index (χ2v) is 6.51. The summed E-state index contributed by atoms with van der Waals surface area (Å²) >= 11 is 0. The van der Waals surface area contributed by atoms with E-state index in [0.717, 1.165) is 51.7 Å². The fourth-order valence-corrected chi connectivity index (χ4v) is 3.73. The number of rotatable bonds is 4. The lowest BCUT2D eigenvalue weighted by molar-refractivity contribution is -0.146. The van der Waals surface area contributed by atoms with Gasteiger partial charge >= 0.3 is 5.97 Å². The molecule has 1 aliphatic heterocycles. The summed E-state index contributed by atoms with van der Waals surface area (Å²) in [5.74, 6) is -1.00. The largest absolute Gasteiger partial charge is 0.481 e. The Hall–Kier alpha value is -1.10. The van der Waals surface area contributed by atoms with Crippen LogP contribution in [0, 0.1) is 11.8 Å². The third kappa shape index (κ3) is 3.96. The normalized spacial score (nSPS) is 28.3. The maximum Gasteiger partial charge on any atom is 0.306 e. The lowest BCUT2D eigenvalue weighted by Gasteiger charge is -2.38. The summed E-state index contributed by atoms with van der Waals surface area (Å²) in [5, 5.41) is 9.15. The molecule has 2 rings (SSSR count). The van der Waals surface area contributed by atoms with E-state index in [-0.39, 0.29) is 17.7 Å². The average molecular weight is 296 g/mol. The summed E-state index contributed by atoms with van der Waals surface area (Å²) in [6, 6.07) is 0.325. The molecule has 5 heteroatoms. The van der Waals surface area contributed by atoms with Crippen molar-refractivity contribution >= 4 is 11.9 Å². The van der Waals surface area contributed by atoms with Crippen molar-refractivity contribution in [2.45, 2.75) is 51.5 Å². The number of carbonyl (C=O) groups excluding carboxylic acids is 1. The van der Waals surface area contributed by atoms with Gasteiger partial charge < -0.3 is 14.9 Å². The van der Waals surface area contributed by atoms with E-state index >= 15 is 0 Å². The molecular weight excluding hydrogens is 268 g/mol. The minimum atomic E-state index is -0.744. The van der Waals surface area contributed by atoms with Crippen LogP contribution in [0.1, 0.15) is 45.4 Å². The molecule has 0 aromatic carbocycles. The van der Waals surface area contributed by atoms with Crippen LogP contribution < -0.4 is 0 Å². The Morgan fingerprint density at radius 1 is 1.14 bits per heavy atom. The number of carbonyl (C=O) groups is 2. The first-order valence-corrected chi connectivity index (χ1v) is 8.24. The van der Waals surface area contributed by atoms with E-state index in [0.29, 0.717) is 12.5 Å². The van der Waals surface area contributed by atoms with E-state index in [1.165, 1.54) is 0 Å². The predicted molar refractivity (Wildman–Crippen MR) is 81.0 cm³/mol. The lowest BCUT2D eigenvalue weighted by atomic mass is 9.80. The first-order chi connectivity index (χ1) is 10.0. The van der Waals surface area contributed by atoms with Crippen molar-refractivity contribution in [3.63, 3.8) is 0 Å². The number of carboxylic acids is 1. The highest BCUT2D eigenvalue weighted by molar-refractivity contribution is 5.80. The van der Waals surface area contributed by atoms with Crippen molar-refractivity contribution in [2.24, 2.45) is 11.8 Å². The highest BCUT2D eigenvalue weighted by atomic mass is 16.4. The molecule has 1 saturated heterocycles. The standard InChI is InChI=1S/C16H28N2O3/c1-3-18-9-7-14(8-10-18)17(2)15(19)12-5-4-6-13(11-12)16(20)21/h12-14H,3-11H2,1-2H3,(H,20,21). The van der Waals surface area contributed by atoms with Crippen molar-refractivity contribution in [3.05, 3.63) is 0 Å². The number of hydrogen-bond acceptors (Lipinski definition) is 3. The summed E-state index contributed by atoms with van der Waals surface area (Å²) in [4.78, 5) is 28.1. The van der Waals surface area contributed by atoms with Gasteiger partial charge in [0.05, 0.1) is 5.92 Å². The maximum absolute atomic E-state index is 12.6. The molecule has 1 amide bonds. The quantitative estimate of drug-likeness (QED) is 0.859. The highest BCUT2D eigenvalue weighted by Gasteiger charge is 2.34. The molecule has 1 aliphatic carbocycles. The molecule has 0 spiro atoms. The average Bonchev–Trinajstić information content (AvgIpc) is 2.53. The van der Waals surface area contributed by atoms with E-state index in [4.69, 9.17) is 5.11 Å². The molecule has 1 saturated carbocycles. The molecule has 2 unspecified atom stereocenters. The number of aliphatic carboxylic acids is 1. The molecule has 0 bridgehead atoms. The van der Waals surface area contributed by atoms with Crippen LogP contribution in [0.15, 0.2) is 0 Å². The third-order valence-electron chi connectivity index (χ3n) is 5.27. The van der Waals surface area contributed by atoms with E-state index in [9.17, 15) is 9.59 Å². The molecule has 0 aromatic heterocycles. The van der Waals surface area contributed by atoms with Crippen molar-refractivity contribution in [1.82, 2.24) is 9.80 Å². The first kappa shape index (κ1) is 16.3. The van der Waals surface area contributed by atoms with Gasteiger partial charge in [0.2, 0.25) is 5.91 Å². The Bertz CT molecular complexity index is 378. The van der Waals surface area contributed by atoms with Crippen LogP contribution >= 0.6 is 0 Å². The molecule has 2 fully saturated rings. The van der Waals surface area contributed by atoms with Crippen LogP contribution in [0.5, 0.6) is 0 Å². The third-order valence-corrected chi connectivity index (χ3v) is 5.27. The van der Waals surface area contributed by atoms with Gasteiger partial charge in [0.1, 0.15) is 0 Å². The van der Waals surface area contributed by atoms with E-state index in [1.54, 1.807) is 0 Å². The predicted octanol–water partition coefficient (Wildman–Crippen LogP) is 1.82. The van der Waals surface area contributed by atoms with Gasteiger partial charge in [-0.05, 0) is 38.6 Å². The van der Waals surface area contributed by atoms with Gasteiger partial charge in [-0.25, -0.2) is 0 Å². The maximum atomic E-state index is 12.6. The van der Waals surface area contributed by atoms with Crippen LogP contribution in [0.3, 0.4) is 0 Å². The Kier molecular flexibility index (Phi) is 5.62. The van der Waals surface area contributed by atoms with Crippen LogP contribution in [-0.4, -0.2) is 59.5 Å². The summed E-state index contributed by atoms with van der Waals surface area (Å²) in [7, 11) is 1.90. The SMILES string of the molecule is CCN1CCC(N(C)C(=O)C2CCCC(C(=O)O)C2)CC1. The Morgan fingerprint density at radius 2 is 1.76 bits per heavy atom. The smallest absolute Gasteiger partial charge is 0.306 e. The van der Waals surface area contributed by atoms with Crippen molar-refractivity contribution in [1.29, 1.82) is 0 Å². The molecule has 0 radical (unpaired) electrons. The highest BCUT2D eigenvalue weighted by Crippen LogP contribution is 2.31. The number of piperidine rings is 1. The zero-order chi connectivity index (χ0) is 15.4. The molecular formula is C16H28N2O3. The monoisotopic (exact) mass is 296 g/mol. The number of hydrogen-bond donors (Lipinski definition) is 1. The van der Waals surface area contributed by atoms with Crippen LogP contribution in [0.2, 0.25) is 0 Å². The first-order valence-electron chi connectivity index (χ1n) is 8.24. The van der Waals surface area contributed by atoms with Gasteiger partial charge in [0.25, 0.3) is 0 Å². The van der Waals surface area contributed by atoms with Gasteiger partial charge in [-0.1, -0.05) is 13.3 Å². The number of nitrogens with zero attached hydrogens (tertiary/aromatic N) is 2. The number of carboxylic acid groups (broad SMARTS) is 1. The van der Waals surface area contributed by atoms with Crippen LogP contribution in [-0.2, 0) is 9.59 Å². The molecule has 1 N–H and O–H groups in total. The number of likely N-dealkylation sites (tertiary alicyclic amines) is 1. The summed E-state index contributed by atoms with van der Waals surface area (Å²) in [6.07, 6.45) is 5.01. The van der Waals surface area contributed by atoms with Gasteiger partial charge in [-0.3, -0.25) is 9.59 Å². The molecule has 1 heterocycles. The Morgan fingerprint density at radius 3 is 2.33 bits per heavy atom. The summed E-state index contributed by atoms with van der Waals surface area (Å²) in [5.41, 5.74) is 0. The van der Waals surface area contributed by atoms with Gasteiger partial charge in [-0.15, -0.1) is 0 Å². The van der Waals surface area contributed by atoms with Gasteiger partial charge in [-0.2, -0.15) is 0 Å². The zero-order valence-electron chi connectivity index (χ0n) is 13.3. The Balaban J connectivity index is 1.88. The van der Waals surface area contributed by atoms with Crippen molar-refractivity contribution in [3.8, 4) is 0 Å². The van der Waals surface area contributed by atoms with Gasteiger partial charge in [0, 0.05) is 32.1 Å². The summed E-state index contributed by atoms with van der Waals surface area (Å²) < 4.78 is 0. The molecule has 120 valence electrons. The van der Waals surface area contributed by atoms with E-state index in [1.807, 2.05) is 11.9 Å². The molecule has 21 heavy (non-hydrogen) atoms. The van der Waals surface area contributed by atoms with Gasteiger partial charge in [0.15, 0.2) is 0 Å². The minimum Gasteiger partial charge on any atom is -0.481 e. The van der Waals surface area contributed by atoms with Crippen LogP contribution in [0.4, 0.5) is 0 Å². The topological polar surface area (TPSA) is 60.9 Å². The fraction of sp³-hybridized carbons (Fsp3) is 0.875. The molecule has 2 atom stereocenters. The summed E-state index contributed by atoms with van der Waals surface area (Å²) in [6.45, 7) is 5.36. The molecule has 0 aromatic rings. The van der Waals surface area contributed by atoms with E-state index in [2.05, 4.69) is 11.8 Å². The van der Waals surface area contributed by atoms with Crippen LogP contribution in [0.25, 0.3) is 0 Å². The van der Waals surface area contributed by atoms with Crippen molar-refractivity contribution in [2.75, 3.05) is 26.7 Å². The molecule has 2 aliphatic rings. The van der Waals surface area contributed by atoms with Crippen molar-refractivity contribution < 1.29 is 14.7 Å².